The third-order valence-electron chi connectivity index (χ3n) is 1.90. The van der Waals surface area contributed by atoms with Crippen LogP contribution in [0.4, 0.5) is 0 Å². The van der Waals surface area contributed by atoms with E-state index in [2.05, 4.69) is 6.58 Å². The molecule has 0 radical (unpaired) electrons. The summed E-state index contributed by atoms with van der Waals surface area (Å²) in [5.74, 6) is 0.279. The van der Waals surface area contributed by atoms with Gasteiger partial charge in [0.2, 0.25) is 5.91 Å². The minimum absolute atomic E-state index is 0.279. The monoisotopic (exact) mass is 165 g/mol. The highest BCUT2D eigenvalue weighted by atomic mass is 16.2. The predicted octanol–water partition coefficient (Wildman–Crippen LogP) is 1.74. The van der Waals surface area contributed by atoms with Crippen LogP contribution in [0.15, 0.2) is 24.3 Å². The zero-order chi connectivity index (χ0) is 8.97. The van der Waals surface area contributed by atoms with Crippen molar-refractivity contribution < 1.29 is 4.79 Å². The van der Waals surface area contributed by atoms with Crippen molar-refractivity contribution in [2.24, 2.45) is 0 Å². The summed E-state index contributed by atoms with van der Waals surface area (Å²) in [6.45, 7) is 7.35. The van der Waals surface area contributed by atoms with Crippen molar-refractivity contribution in [2.75, 3.05) is 13.1 Å². The van der Waals surface area contributed by atoms with Gasteiger partial charge in [0.25, 0.3) is 0 Å². The van der Waals surface area contributed by atoms with Gasteiger partial charge >= 0.3 is 0 Å². The zero-order valence-electron chi connectivity index (χ0n) is 7.55. The molecule has 66 valence electrons. The van der Waals surface area contributed by atoms with Gasteiger partial charge in [0, 0.05) is 19.5 Å². The molecule has 0 atom stereocenters. The Labute approximate surface area is 73.6 Å². The molecule has 2 heteroatoms. The number of carbonyl (C=O) groups is 1. The van der Waals surface area contributed by atoms with E-state index in [9.17, 15) is 4.79 Å². The number of likely N-dealkylation sites (tertiary alicyclic amines) is 1. The Morgan fingerprint density at radius 1 is 1.75 bits per heavy atom. The molecule has 0 unspecified atom stereocenters. The lowest BCUT2D eigenvalue weighted by atomic mass is 10.3. The molecule has 0 N–H and O–H groups in total. The summed E-state index contributed by atoms with van der Waals surface area (Å²) in [5.41, 5.74) is 1.03. The van der Waals surface area contributed by atoms with E-state index in [0.717, 1.165) is 31.5 Å². The molecule has 2 nitrogen and oxygen atoms in total. The van der Waals surface area contributed by atoms with Gasteiger partial charge in [-0.2, -0.15) is 0 Å². The van der Waals surface area contributed by atoms with Crippen molar-refractivity contribution in [1.29, 1.82) is 0 Å². The van der Waals surface area contributed by atoms with Crippen molar-refractivity contribution >= 4 is 5.91 Å². The third kappa shape index (κ3) is 2.53. The fourth-order valence-corrected chi connectivity index (χ4v) is 1.28. The van der Waals surface area contributed by atoms with E-state index in [1.165, 1.54) is 0 Å². The van der Waals surface area contributed by atoms with Gasteiger partial charge in [-0.1, -0.05) is 24.3 Å². The Hall–Kier alpha value is -1.05. The second-order valence-electron chi connectivity index (χ2n) is 3.19. The SMILES string of the molecule is C=C(C)/C=C/CN1CCCC1=O. The lowest BCUT2D eigenvalue weighted by molar-refractivity contribution is -0.127. The minimum atomic E-state index is 0.279. The van der Waals surface area contributed by atoms with Crippen LogP contribution in [0.5, 0.6) is 0 Å². The Morgan fingerprint density at radius 2 is 2.50 bits per heavy atom. The maximum Gasteiger partial charge on any atom is 0.222 e. The first kappa shape index (κ1) is 9.04. The molecule has 1 fully saturated rings. The van der Waals surface area contributed by atoms with Crippen LogP contribution in [0.1, 0.15) is 19.8 Å². The molecule has 1 rings (SSSR count). The molecule has 0 aliphatic carbocycles. The van der Waals surface area contributed by atoms with Gasteiger partial charge in [0.05, 0.1) is 0 Å². The molecule has 1 amide bonds. The van der Waals surface area contributed by atoms with Crippen LogP contribution in [-0.2, 0) is 4.79 Å². The first-order valence-corrected chi connectivity index (χ1v) is 4.30. The van der Waals surface area contributed by atoms with Crippen molar-refractivity contribution in [2.45, 2.75) is 19.8 Å². The summed E-state index contributed by atoms with van der Waals surface area (Å²) in [4.78, 5) is 13.0. The maximum atomic E-state index is 11.1. The van der Waals surface area contributed by atoms with Crippen LogP contribution in [0.3, 0.4) is 0 Å². The summed E-state index contributed by atoms with van der Waals surface area (Å²) >= 11 is 0. The molecule has 0 bridgehead atoms. The number of allylic oxidation sites excluding steroid dienone is 2. The highest BCUT2D eigenvalue weighted by Crippen LogP contribution is 2.08. The summed E-state index contributed by atoms with van der Waals surface area (Å²) in [5, 5.41) is 0. The number of nitrogens with zero attached hydrogens (tertiary/aromatic N) is 1. The van der Waals surface area contributed by atoms with E-state index in [1.807, 2.05) is 24.0 Å². The van der Waals surface area contributed by atoms with Crippen molar-refractivity contribution in [3.8, 4) is 0 Å². The molecule has 0 aromatic carbocycles. The second-order valence-corrected chi connectivity index (χ2v) is 3.19. The van der Waals surface area contributed by atoms with Gasteiger partial charge in [-0.3, -0.25) is 4.79 Å². The average Bonchev–Trinajstić information content (AvgIpc) is 2.36. The number of amides is 1. The Morgan fingerprint density at radius 3 is 3.00 bits per heavy atom. The molecule has 1 saturated heterocycles. The smallest absolute Gasteiger partial charge is 0.222 e. The van der Waals surface area contributed by atoms with E-state index in [4.69, 9.17) is 0 Å². The van der Waals surface area contributed by atoms with Gasteiger partial charge in [0.15, 0.2) is 0 Å². The molecule has 1 heterocycles. The molecular formula is C10H15NO. The number of rotatable bonds is 3. The van der Waals surface area contributed by atoms with E-state index >= 15 is 0 Å². The number of hydrogen-bond donors (Lipinski definition) is 0. The summed E-state index contributed by atoms with van der Waals surface area (Å²) in [6.07, 6.45) is 5.68. The van der Waals surface area contributed by atoms with Crippen LogP contribution in [-0.4, -0.2) is 23.9 Å². The highest BCUT2D eigenvalue weighted by Gasteiger charge is 2.17. The molecular weight excluding hydrogens is 150 g/mol. The molecule has 1 aliphatic heterocycles. The van der Waals surface area contributed by atoms with Crippen LogP contribution in [0.25, 0.3) is 0 Å². The van der Waals surface area contributed by atoms with Crippen molar-refractivity contribution in [3.63, 3.8) is 0 Å². The highest BCUT2D eigenvalue weighted by molar-refractivity contribution is 5.78. The third-order valence-corrected chi connectivity index (χ3v) is 1.90. The fourth-order valence-electron chi connectivity index (χ4n) is 1.28. The second kappa shape index (κ2) is 4.10. The Balaban J connectivity index is 2.31. The number of hydrogen-bond acceptors (Lipinski definition) is 1. The van der Waals surface area contributed by atoms with Gasteiger partial charge in [-0.25, -0.2) is 0 Å². The topological polar surface area (TPSA) is 20.3 Å². The molecule has 1 aliphatic rings. The van der Waals surface area contributed by atoms with Gasteiger partial charge < -0.3 is 4.90 Å². The van der Waals surface area contributed by atoms with Crippen LogP contribution in [0, 0.1) is 0 Å². The van der Waals surface area contributed by atoms with Gasteiger partial charge in [-0.05, 0) is 13.3 Å². The van der Waals surface area contributed by atoms with Gasteiger partial charge in [0.1, 0.15) is 0 Å². The first-order valence-electron chi connectivity index (χ1n) is 4.30. The largest absolute Gasteiger partial charge is 0.339 e. The van der Waals surface area contributed by atoms with E-state index in [1.54, 1.807) is 0 Å². The predicted molar refractivity (Wildman–Crippen MR) is 49.8 cm³/mol. The standard InChI is InChI=1S/C10H15NO/c1-9(2)5-3-7-11-8-4-6-10(11)12/h3,5H,1,4,6-8H2,2H3/b5-3+. The molecule has 0 aromatic rings. The van der Waals surface area contributed by atoms with E-state index < -0.39 is 0 Å². The molecule has 12 heavy (non-hydrogen) atoms. The van der Waals surface area contributed by atoms with E-state index in [0.29, 0.717) is 0 Å². The van der Waals surface area contributed by atoms with Crippen LogP contribution in [0.2, 0.25) is 0 Å². The van der Waals surface area contributed by atoms with E-state index in [-0.39, 0.29) is 5.91 Å². The summed E-state index contributed by atoms with van der Waals surface area (Å²) in [7, 11) is 0. The number of carbonyl (C=O) groups excluding carboxylic acids is 1. The Kier molecular flexibility index (Phi) is 3.09. The molecule has 0 spiro atoms. The lowest BCUT2D eigenvalue weighted by Gasteiger charge is -2.11. The summed E-state index contributed by atoms with van der Waals surface area (Å²) < 4.78 is 0. The van der Waals surface area contributed by atoms with Crippen LogP contribution >= 0.6 is 0 Å². The van der Waals surface area contributed by atoms with Crippen LogP contribution < -0.4 is 0 Å². The first-order chi connectivity index (χ1) is 5.70. The normalized spacial score (nSPS) is 17.8. The molecule has 0 aromatic heterocycles. The maximum absolute atomic E-state index is 11.1. The lowest BCUT2D eigenvalue weighted by Crippen LogP contribution is -2.24. The zero-order valence-corrected chi connectivity index (χ0v) is 7.55. The fraction of sp³-hybridized carbons (Fsp3) is 0.500. The van der Waals surface area contributed by atoms with Crippen molar-refractivity contribution in [1.82, 2.24) is 4.90 Å². The Bertz CT molecular complexity index is 218. The average molecular weight is 165 g/mol. The minimum Gasteiger partial charge on any atom is -0.339 e. The molecule has 0 saturated carbocycles. The van der Waals surface area contributed by atoms with Crippen molar-refractivity contribution in [3.05, 3.63) is 24.3 Å². The van der Waals surface area contributed by atoms with Gasteiger partial charge in [-0.15, -0.1) is 0 Å². The quantitative estimate of drug-likeness (QED) is 0.583. The summed E-state index contributed by atoms with van der Waals surface area (Å²) in [6, 6.07) is 0.